The van der Waals surface area contributed by atoms with Crippen LogP contribution in [0.25, 0.3) is 0 Å². The van der Waals surface area contributed by atoms with Crippen LogP contribution >= 0.6 is 0 Å². The van der Waals surface area contributed by atoms with Gasteiger partial charge in [0, 0.05) is 0 Å². The van der Waals surface area contributed by atoms with E-state index in [0.717, 1.165) is 38.5 Å². The van der Waals surface area contributed by atoms with Gasteiger partial charge in [-0.2, -0.15) is 4.98 Å². The number of nitrogens with one attached hydrogen (secondary N) is 1. The Morgan fingerprint density at radius 1 is 1.17 bits per heavy atom. The monoisotopic (exact) mass is 333 g/mol. The molecule has 1 aliphatic heterocycles. The number of amides is 3. The molecule has 1 spiro atoms. The van der Waals surface area contributed by atoms with E-state index < -0.39 is 17.1 Å². The predicted molar refractivity (Wildman–Crippen MR) is 83.6 cm³/mol. The second-order valence-electron chi connectivity index (χ2n) is 7.39. The van der Waals surface area contributed by atoms with Crippen LogP contribution in [0.2, 0.25) is 0 Å². The molecule has 1 atom stereocenters. The van der Waals surface area contributed by atoms with Crippen molar-refractivity contribution in [3.05, 3.63) is 11.7 Å². The SMILES string of the molecule is CC(c1nc(C2(N)CCCC2)no1)N1C(=O)NC2(CCCC2)C1=O. The Morgan fingerprint density at radius 2 is 1.79 bits per heavy atom. The Kier molecular flexibility index (Phi) is 3.42. The zero-order valence-electron chi connectivity index (χ0n) is 13.9. The molecule has 0 aromatic carbocycles. The standard InChI is InChI=1S/C16H23N5O3/c1-10(11-18-12(20-24-11)15(17)6-2-3-7-15)21-13(22)16(19-14(21)23)8-4-5-9-16/h10H,2-9,17H2,1H3,(H,19,23). The first-order chi connectivity index (χ1) is 11.5. The van der Waals surface area contributed by atoms with Crippen LogP contribution in [0.1, 0.15) is 76.0 Å². The fourth-order valence-corrected chi connectivity index (χ4v) is 4.26. The summed E-state index contributed by atoms with van der Waals surface area (Å²) < 4.78 is 5.35. The van der Waals surface area contributed by atoms with Crippen LogP contribution in [0.4, 0.5) is 4.79 Å². The van der Waals surface area contributed by atoms with E-state index in [2.05, 4.69) is 15.5 Å². The molecule has 3 aliphatic rings. The highest BCUT2D eigenvalue weighted by Crippen LogP contribution is 2.39. The second kappa shape index (κ2) is 5.27. The van der Waals surface area contributed by atoms with Gasteiger partial charge in [-0.15, -0.1) is 0 Å². The first-order valence-corrected chi connectivity index (χ1v) is 8.74. The van der Waals surface area contributed by atoms with Crippen LogP contribution in [-0.2, 0) is 10.3 Å². The number of hydrogen-bond donors (Lipinski definition) is 2. The molecule has 0 radical (unpaired) electrons. The first kappa shape index (κ1) is 15.6. The Morgan fingerprint density at radius 3 is 2.46 bits per heavy atom. The van der Waals surface area contributed by atoms with Gasteiger partial charge in [-0.25, -0.2) is 9.69 Å². The number of aromatic nitrogens is 2. The van der Waals surface area contributed by atoms with Crippen molar-refractivity contribution < 1.29 is 14.1 Å². The van der Waals surface area contributed by atoms with Crippen LogP contribution in [0.3, 0.4) is 0 Å². The summed E-state index contributed by atoms with van der Waals surface area (Å²) in [4.78, 5) is 30.8. The summed E-state index contributed by atoms with van der Waals surface area (Å²) in [6.07, 6.45) is 7.04. The van der Waals surface area contributed by atoms with E-state index in [-0.39, 0.29) is 17.8 Å². The minimum absolute atomic E-state index is 0.180. The van der Waals surface area contributed by atoms with Gasteiger partial charge in [0.25, 0.3) is 5.91 Å². The van der Waals surface area contributed by atoms with Crippen LogP contribution in [0.5, 0.6) is 0 Å². The third-order valence-electron chi connectivity index (χ3n) is 5.78. The number of carbonyl (C=O) groups is 2. The quantitative estimate of drug-likeness (QED) is 0.814. The van der Waals surface area contributed by atoms with E-state index in [1.807, 2.05) is 0 Å². The zero-order chi connectivity index (χ0) is 16.9. The molecule has 8 heteroatoms. The summed E-state index contributed by atoms with van der Waals surface area (Å²) in [7, 11) is 0. The summed E-state index contributed by atoms with van der Waals surface area (Å²) in [5, 5.41) is 6.89. The van der Waals surface area contributed by atoms with Crippen molar-refractivity contribution in [2.75, 3.05) is 0 Å². The minimum Gasteiger partial charge on any atom is -0.337 e. The van der Waals surface area contributed by atoms with Crippen molar-refractivity contribution in [3.8, 4) is 0 Å². The van der Waals surface area contributed by atoms with Crippen molar-refractivity contribution in [2.45, 2.75) is 75.4 Å². The topological polar surface area (TPSA) is 114 Å². The molecule has 1 unspecified atom stereocenters. The van der Waals surface area contributed by atoms with Crippen LogP contribution in [0.15, 0.2) is 4.52 Å². The van der Waals surface area contributed by atoms with Crippen molar-refractivity contribution in [3.63, 3.8) is 0 Å². The number of imide groups is 1. The molecular weight excluding hydrogens is 310 g/mol. The fraction of sp³-hybridized carbons (Fsp3) is 0.750. The largest absolute Gasteiger partial charge is 0.337 e. The van der Waals surface area contributed by atoms with Gasteiger partial charge in [0.1, 0.15) is 11.6 Å². The Bertz CT molecular complexity index is 673. The van der Waals surface area contributed by atoms with Gasteiger partial charge in [0.15, 0.2) is 5.82 Å². The highest BCUT2D eigenvalue weighted by atomic mass is 16.5. The highest BCUT2D eigenvalue weighted by molar-refractivity contribution is 6.07. The molecule has 130 valence electrons. The Hall–Kier alpha value is -1.96. The summed E-state index contributed by atoms with van der Waals surface area (Å²) >= 11 is 0. The molecule has 0 bridgehead atoms. The highest BCUT2D eigenvalue weighted by Gasteiger charge is 2.54. The molecule has 3 N–H and O–H groups in total. The molecule has 2 heterocycles. The molecule has 1 aromatic heterocycles. The summed E-state index contributed by atoms with van der Waals surface area (Å²) in [6, 6.07) is -0.971. The van der Waals surface area contributed by atoms with E-state index in [9.17, 15) is 9.59 Å². The number of nitrogens with zero attached hydrogens (tertiary/aromatic N) is 3. The molecule has 3 amide bonds. The van der Waals surface area contributed by atoms with Crippen molar-refractivity contribution >= 4 is 11.9 Å². The van der Waals surface area contributed by atoms with Crippen LogP contribution in [-0.4, -0.2) is 32.5 Å². The predicted octanol–water partition coefficient (Wildman–Crippen LogP) is 1.72. The molecule has 1 saturated heterocycles. The molecular formula is C16H23N5O3. The van der Waals surface area contributed by atoms with Gasteiger partial charge in [-0.1, -0.05) is 30.8 Å². The first-order valence-electron chi connectivity index (χ1n) is 8.74. The lowest BCUT2D eigenvalue weighted by molar-refractivity contribution is -0.132. The van der Waals surface area contributed by atoms with Gasteiger partial charge < -0.3 is 15.6 Å². The molecule has 8 nitrogen and oxygen atoms in total. The molecule has 24 heavy (non-hydrogen) atoms. The molecule has 2 saturated carbocycles. The smallest absolute Gasteiger partial charge is 0.325 e. The number of hydrogen-bond acceptors (Lipinski definition) is 6. The maximum Gasteiger partial charge on any atom is 0.325 e. The Labute approximate surface area is 140 Å². The van der Waals surface area contributed by atoms with E-state index in [4.69, 9.17) is 10.3 Å². The average molecular weight is 333 g/mol. The van der Waals surface area contributed by atoms with E-state index in [1.54, 1.807) is 6.92 Å². The summed E-state index contributed by atoms with van der Waals surface area (Å²) in [6.45, 7) is 1.74. The molecule has 3 fully saturated rings. The van der Waals surface area contributed by atoms with Crippen molar-refractivity contribution in [1.82, 2.24) is 20.4 Å². The number of urea groups is 1. The number of carbonyl (C=O) groups excluding carboxylic acids is 2. The fourth-order valence-electron chi connectivity index (χ4n) is 4.26. The maximum absolute atomic E-state index is 12.8. The van der Waals surface area contributed by atoms with Gasteiger partial charge >= 0.3 is 6.03 Å². The van der Waals surface area contributed by atoms with E-state index in [0.29, 0.717) is 18.7 Å². The van der Waals surface area contributed by atoms with Gasteiger partial charge in [0.2, 0.25) is 5.89 Å². The lowest BCUT2D eigenvalue weighted by Gasteiger charge is -2.22. The van der Waals surface area contributed by atoms with Crippen LogP contribution in [0, 0.1) is 0 Å². The van der Waals surface area contributed by atoms with Gasteiger partial charge in [-0.3, -0.25) is 4.79 Å². The molecule has 4 rings (SSSR count). The lowest BCUT2D eigenvalue weighted by atomic mass is 9.97. The number of nitrogens with two attached hydrogens (primary N) is 1. The van der Waals surface area contributed by atoms with E-state index in [1.165, 1.54) is 4.90 Å². The second-order valence-corrected chi connectivity index (χ2v) is 7.39. The van der Waals surface area contributed by atoms with E-state index >= 15 is 0 Å². The minimum atomic E-state index is -0.727. The van der Waals surface area contributed by atoms with Crippen molar-refractivity contribution in [1.29, 1.82) is 0 Å². The zero-order valence-corrected chi connectivity index (χ0v) is 13.9. The van der Waals surface area contributed by atoms with Crippen molar-refractivity contribution in [2.24, 2.45) is 5.73 Å². The summed E-state index contributed by atoms with van der Waals surface area (Å²) in [5.41, 5.74) is 5.07. The lowest BCUT2D eigenvalue weighted by Crippen LogP contribution is -2.44. The number of rotatable bonds is 3. The molecule has 1 aromatic rings. The maximum atomic E-state index is 12.8. The normalized spacial score (nSPS) is 26.3. The van der Waals surface area contributed by atoms with Crippen LogP contribution < -0.4 is 11.1 Å². The Balaban J connectivity index is 1.58. The average Bonchev–Trinajstić information content (AvgIpc) is 3.30. The molecule has 2 aliphatic carbocycles. The van der Waals surface area contributed by atoms with Gasteiger partial charge in [-0.05, 0) is 32.6 Å². The summed E-state index contributed by atoms with van der Waals surface area (Å²) in [5.74, 6) is 0.560. The third-order valence-corrected chi connectivity index (χ3v) is 5.78. The van der Waals surface area contributed by atoms with Gasteiger partial charge in [0.05, 0.1) is 5.54 Å². The third kappa shape index (κ3) is 2.16.